The molecule has 0 unspecified atom stereocenters. The first kappa shape index (κ1) is 14.8. The van der Waals surface area contributed by atoms with Gasteiger partial charge in [0.05, 0.1) is 6.54 Å². The van der Waals surface area contributed by atoms with Crippen LogP contribution in [0.4, 0.5) is 4.79 Å². The van der Waals surface area contributed by atoms with Gasteiger partial charge in [0.25, 0.3) is 0 Å². The van der Waals surface area contributed by atoms with Gasteiger partial charge in [0.15, 0.2) is 0 Å². The van der Waals surface area contributed by atoms with Crippen LogP contribution >= 0.6 is 0 Å². The van der Waals surface area contributed by atoms with Crippen LogP contribution in [0.2, 0.25) is 0 Å². The minimum Gasteiger partial charge on any atom is -0.441 e. The average Bonchev–Trinajstić information content (AvgIpc) is 2.53. The molecule has 0 N–H and O–H groups in total. The standard InChI is InChI=1S/C14H21N2O2.K/c1-2-15-5-3-14(4-6-15)10-16(12(17)18-14)13-7-11(8-13)9-13;/h2-10H2,1H3;/q-1;+1. The van der Waals surface area contributed by atoms with Crippen LogP contribution < -0.4 is 51.4 Å². The van der Waals surface area contributed by atoms with Crippen LogP contribution in [0.25, 0.3) is 0 Å². The van der Waals surface area contributed by atoms with E-state index < -0.39 is 0 Å². The van der Waals surface area contributed by atoms with Crippen molar-refractivity contribution in [2.24, 2.45) is 0 Å². The Kier molecular flexibility index (Phi) is 3.86. The molecule has 2 bridgehead atoms. The van der Waals surface area contributed by atoms with Crippen molar-refractivity contribution in [1.82, 2.24) is 9.80 Å². The molecule has 0 aromatic carbocycles. The Morgan fingerprint density at radius 1 is 1.26 bits per heavy atom. The van der Waals surface area contributed by atoms with Crippen LogP contribution in [0.5, 0.6) is 0 Å². The molecule has 4 nitrogen and oxygen atoms in total. The van der Waals surface area contributed by atoms with Gasteiger partial charge in [0, 0.05) is 25.9 Å². The van der Waals surface area contributed by atoms with Gasteiger partial charge < -0.3 is 20.5 Å². The fourth-order valence-corrected chi connectivity index (χ4v) is 4.05. The smallest absolute Gasteiger partial charge is 0.441 e. The van der Waals surface area contributed by atoms with Crippen LogP contribution in [-0.4, -0.2) is 53.2 Å². The molecule has 3 saturated carbocycles. The summed E-state index contributed by atoms with van der Waals surface area (Å²) in [5.74, 6) is 1.64. The Hall–Kier alpha value is 0.866. The molecule has 1 spiro atoms. The van der Waals surface area contributed by atoms with E-state index >= 15 is 0 Å². The van der Waals surface area contributed by atoms with Gasteiger partial charge in [-0.3, -0.25) is 0 Å². The predicted molar refractivity (Wildman–Crippen MR) is 67.1 cm³/mol. The average molecular weight is 288 g/mol. The zero-order valence-electron chi connectivity index (χ0n) is 12.1. The van der Waals surface area contributed by atoms with Crippen molar-refractivity contribution in [2.45, 2.75) is 50.2 Å². The summed E-state index contributed by atoms with van der Waals surface area (Å²) >= 11 is 0. The molecule has 0 aromatic heterocycles. The van der Waals surface area contributed by atoms with Crippen LogP contribution in [0.15, 0.2) is 0 Å². The first-order valence-corrected chi connectivity index (χ1v) is 7.21. The van der Waals surface area contributed by atoms with Gasteiger partial charge >= 0.3 is 57.5 Å². The van der Waals surface area contributed by atoms with Crippen molar-refractivity contribution in [1.29, 1.82) is 0 Å². The largest absolute Gasteiger partial charge is 1.00 e. The normalized spacial score (nSPS) is 31.4. The number of rotatable bonds is 2. The molecular formula is C14H21KN2O2. The molecule has 5 fully saturated rings. The number of ether oxygens (including phenoxy) is 1. The molecule has 100 valence electrons. The van der Waals surface area contributed by atoms with Gasteiger partial charge in [-0.2, -0.15) is 19.3 Å². The molecule has 0 aromatic rings. The number of amides is 1. The predicted octanol–water partition coefficient (Wildman–Crippen LogP) is -1.19. The third-order valence-corrected chi connectivity index (χ3v) is 5.49. The Morgan fingerprint density at radius 2 is 1.89 bits per heavy atom. The fraction of sp³-hybridized carbons (Fsp3) is 0.857. The van der Waals surface area contributed by atoms with Crippen LogP contribution in [0.3, 0.4) is 0 Å². The van der Waals surface area contributed by atoms with E-state index in [1.807, 2.05) is 0 Å². The molecule has 2 heterocycles. The van der Waals surface area contributed by atoms with Crippen molar-refractivity contribution < 1.29 is 60.9 Å². The minimum atomic E-state index is -0.164. The monoisotopic (exact) mass is 288 g/mol. The zero-order chi connectivity index (χ0) is 12.4. The second kappa shape index (κ2) is 4.95. The van der Waals surface area contributed by atoms with Crippen molar-refractivity contribution in [2.75, 3.05) is 26.2 Å². The third-order valence-electron chi connectivity index (χ3n) is 5.49. The van der Waals surface area contributed by atoms with Crippen molar-refractivity contribution >= 4 is 6.09 Å². The molecule has 2 saturated heterocycles. The Morgan fingerprint density at radius 3 is 2.37 bits per heavy atom. The number of carbonyl (C=O) groups excluding carboxylic acids is 1. The Labute approximate surface area is 157 Å². The summed E-state index contributed by atoms with van der Waals surface area (Å²) in [6.45, 7) is 6.29. The summed E-state index contributed by atoms with van der Waals surface area (Å²) in [5.41, 5.74) is 0.0284. The molecule has 1 amide bonds. The second-order valence-corrected chi connectivity index (χ2v) is 6.58. The van der Waals surface area contributed by atoms with Gasteiger partial charge in [-0.1, -0.05) is 6.92 Å². The number of nitrogens with zero attached hydrogens (tertiary/aromatic N) is 2. The molecule has 5 rings (SSSR count). The number of hydrogen-bond acceptors (Lipinski definition) is 3. The topological polar surface area (TPSA) is 32.8 Å². The Balaban J connectivity index is 0.00000110. The number of piperidine rings is 1. The van der Waals surface area contributed by atoms with Gasteiger partial charge in [0.2, 0.25) is 0 Å². The molecule has 2 aliphatic heterocycles. The molecule has 5 heteroatoms. The summed E-state index contributed by atoms with van der Waals surface area (Å²) in [6, 6.07) is 0. The van der Waals surface area contributed by atoms with E-state index in [9.17, 15) is 4.79 Å². The van der Waals surface area contributed by atoms with Crippen LogP contribution in [-0.2, 0) is 4.74 Å². The Bertz CT molecular complexity index is 376. The van der Waals surface area contributed by atoms with E-state index in [0.717, 1.165) is 58.3 Å². The number of hydrogen-bond donors (Lipinski definition) is 0. The van der Waals surface area contributed by atoms with Crippen LogP contribution in [0.1, 0.15) is 39.0 Å². The molecule has 5 aliphatic rings. The number of likely N-dealkylation sites (tertiary alicyclic amines) is 1. The van der Waals surface area contributed by atoms with Crippen molar-refractivity contribution in [3.63, 3.8) is 0 Å². The molecule has 0 atom stereocenters. The van der Waals surface area contributed by atoms with E-state index in [1.165, 1.54) is 0 Å². The molecular weight excluding hydrogens is 267 g/mol. The second-order valence-electron chi connectivity index (χ2n) is 6.58. The van der Waals surface area contributed by atoms with Crippen molar-refractivity contribution in [3.8, 4) is 0 Å². The summed E-state index contributed by atoms with van der Waals surface area (Å²) in [7, 11) is 0. The summed E-state index contributed by atoms with van der Waals surface area (Å²) < 4.78 is 5.79. The summed E-state index contributed by atoms with van der Waals surface area (Å²) in [5, 5.41) is 0. The van der Waals surface area contributed by atoms with Gasteiger partial charge in [-0.05, 0) is 12.1 Å². The first-order chi connectivity index (χ1) is 8.65. The van der Waals surface area contributed by atoms with Gasteiger partial charge in [-0.15, -0.1) is 0 Å². The van der Waals surface area contributed by atoms with Crippen molar-refractivity contribution in [3.05, 3.63) is 5.92 Å². The van der Waals surface area contributed by atoms with Crippen LogP contribution in [0, 0.1) is 5.92 Å². The fourth-order valence-electron chi connectivity index (χ4n) is 4.05. The maximum atomic E-state index is 12.1. The first-order valence-electron chi connectivity index (χ1n) is 7.21. The molecule has 0 radical (unpaired) electrons. The summed E-state index contributed by atoms with van der Waals surface area (Å²) in [4.78, 5) is 16.6. The zero-order valence-corrected chi connectivity index (χ0v) is 15.2. The maximum Gasteiger partial charge on any atom is 1.00 e. The SMILES string of the molecule is CCN1CCC2(CC1)CN(C13C[C-](C1)C3)C(=O)O2.[K+]. The van der Waals surface area contributed by atoms with E-state index in [1.54, 1.807) is 5.92 Å². The van der Waals surface area contributed by atoms with Gasteiger partial charge in [-0.25, -0.2) is 4.79 Å². The maximum absolute atomic E-state index is 12.1. The molecule has 3 aliphatic carbocycles. The minimum absolute atomic E-state index is 0. The summed E-state index contributed by atoms with van der Waals surface area (Å²) in [6.07, 6.45) is 5.43. The van der Waals surface area contributed by atoms with E-state index in [4.69, 9.17) is 4.74 Å². The van der Waals surface area contributed by atoms with E-state index in [0.29, 0.717) is 0 Å². The number of carbonyl (C=O) groups is 1. The van der Waals surface area contributed by atoms with E-state index in [2.05, 4.69) is 16.7 Å². The third kappa shape index (κ3) is 2.16. The molecule has 19 heavy (non-hydrogen) atoms. The quantitative estimate of drug-likeness (QED) is 0.473. The van der Waals surface area contributed by atoms with E-state index in [-0.39, 0.29) is 68.6 Å². The van der Waals surface area contributed by atoms with Gasteiger partial charge in [0.1, 0.15) is 5.60 Å².